The highest BCUT2D eigenvalue weighted by atomic mass is 28.4. The van der Waals surface area contributed by atoms with Crippen molar-refractivity contribution in [3.8, 4) is 0 Å². The number of hydrogen-bond acceptors (Lipinski definition) is 2. The Kier molecular flexibility index (Phi) is 7.76. The minimum absolute atomic E-state index is 0.0183. The van der Waals surface area contributed by atoms with E-state index in [2.05, 4.69) is 102 Å². The summed E-state index contributed by atoms with van der Waals surface area (Å²) in [7, 11) is -2.57. The van der Waals surface area contributed by atoms with Crippen LogP contribution in [0.5, 0.6) is 0 Å². The Hall–Kier alpha value is -1.42. The first kappa shape index (κ1) is 25.7. The molecule has 2 aromatic rings. The van der Waals surface area contributed by atoms with Crippen LogP contribution >= 0.6 is 0 Å². The summed E-state index contributed by atoms with van der Waals surface area (Å²) < 4.78 is 7.45. The maximum absolute atomic E-state index is 10.6. The molecule has 0 saturated heterocycles. The average molecular weight is 479 g/mol. The molecule has 0 heterocycles. The molecule has 3 heteroatoms. The van der Waals surface area contributed by atoms with Gasteiger partial charge in [-0.3, -0.25) is 0 Å². The summed E-state index contributed by atoms with van der Waals surface area (Å²) in [6.45, 7) is 15.4. The summed E-state index contributed by atoms with van der Waals surface area (Å²) >= 11 is 0. The molecule has 0 unspecified atom stereocenters. The first-order valence-electron chi connectivity index (χ1n) is 13.6. The molecule has 2 aliphatic carbocycles. The van der Waals surface area contributed by atoms with E-state index >= 15 is 0 Å². The lowest BCUT2D eigenvalue weighted by atomic mass is 9.53. The van der Waals surface area contributed by atoms with Gasteiger partial charge in [-0.1, -0.05) is 115 Å². The molecule has 2 aliphatic rings. The van der Waals surface area contributed by atoms with Crippen molar-refractivity contribution in [3.63, 3.8) is 0 Å². The molecule has 0 amide bonds. The van der Waals surface area contributed by atoms with E-state index in [4.69, 9.17) is 4.43 Å². The maximum atomic E-state index is 10.6. The van der Waals surface area contributed by atoms with Crippen molar-refractivity contribution in [2.45, 2.75) is 65.8 Å². The van der Waals surface area contributed by atoms with Crippen LogP contribution < -0.4 is 10.4 Å². The van der Waals surface area contributed by atoms with Gasteiger partial charge < -0.3 is 9.53 Å². The second kappa shape index (κ2) is 10.3. The minimum atomic E-state index is -2.57. The monoisotopic (exact) mass is 478 g/mol. The van der Waals surface area contributed by atoms with Crippen molar-refractivity contribution in [2.24, 2.45) is 41.4 Å². The smallest absolute Gasteiger partial charge is 0.261 e. The van der Waals surface area contributed by atoms with Crippen LogP contribution in [0.2, 0.25) is 5.04 Å². The molecule has 0 aliphatic heterocycles. The molecule has 2 saturated carbocycles. The first-order valence-corrected chi connectivity index (χ1v) is 15.5. The zero-order valence-corrected chi connectivity index (χ0v) is 23.2. The number of benzene rings is 2. The van der Waals surface area contributed by atoms with E-state index in [0.717, 1.165) is 18.4 Å². The van der Waals surface area contributed by atoms with Crippen molar-refractivity contribution < 1.29 is 9.53 Å². The topological polar surface area (TPSA) is 29.5 Å². The van der Waals surface area contributed by atoms with Gasteiger partial charge in [-0.15, -0.1) is 0 Å². The zero-order valence-electron chi connectivity index (χ0n) is 22.2. The number of aliphatic hydroxyl groups excluding tert-OH is 1. The van der Waals surface area contributed by atoms with Crippen LogP contribution in [0.4, 0.5) is 0 Å². The Morgan fingerprint density at radius 1 is 0.794 bits per heavy atom. The van der Waals surface area contributed by atoms with Crippen LogP contribution in [0.25, 0.3) is 0 Å². The summed E-state index contributed by atoms with van der Waals surface area (Å²) in [6, 6.07) is 22.0. The molecule has 186 valence electrons. The highest BCUT2D eigenvalue weighted by Gasteiger charge is 2.53. The van der Waals surface area contributed by atoms with Gasteiger partial charge in [0.25, 0.3) is 8.32 Å². The van der Waals surface area contributed by atoms with Gasteiger partial charge in [0.2, 0.25) is 0 Å². The average Bonchev–Trinajstić information content (AvgIpc) is 2.82. The van der Waals surface area contributed by atoms with Crippen molar-refractivity contribution >= 4 is 18.7 Å². The zero-order chi connectivity index (χ0) is 24.5. The van der Waals surface area contributed by atoms with E-state index in [9.17, 15) is 5.11 Å². The van der Waals surface area contributed by atoms with Gasteiger partial charge in [0, 0.05) is 13.2 Å². The second-order valence-electron chi connectivity index (χ2n) is 12.5. The second-order valence-corrected chi connectivity index (χ2v) is 16.8. The summed E-state index contributed by atoms with van der Waals surface area (Å²) in [6.07, 6.45) is 3.92. The lowest BCUT2D eigenvalue weighted by Gasteiger charge is -2.54. The molecule has 1 N–H and O–H groups in total. The largest absolute Gasteiger partial charge is 0.407 e. The Labute approximate surface area is 209 Å². The molecule has 0 bridgehead atoms. The molecule has 2 aromatic carbocycles. The number of hydrogen-bond donors (Lipinski definition) is 1. The van der Waals surface area contributed by atoms with Crippen LogP contribution in [0.1, 0.15) is 60.8 Å². The van der Waals surface area contributed by atoms with E-state index in [1.807, 2.05) is 0 Å². The fraction of sp³-hybridized carbons (Fsp3) is 0.613. The SMILES string of the molecule is C[C@@H]1C[C@@H]2[C@H]([C@H](CO[Si](c3ccccc3)(c3ccccc3)C(C)(C)C)[C@@H]1CO)[C@@H](C)CC[C@@H]2C. The predicted octanol–water partition coefficient (Wildman–Crippen LogP) is 6.13. The van der Waals surface area contributed by atoms with Crippen LogP contribution in [-0.4, -0.2) is 26.6 Å². The number of rotatable bonds is 6. The summed E-state index contributed by atoms with van der Waals surface area (Å²) in [5.74, 6) is 4.18. The van der Waals surface area contributed by atoms with E-state index in [-0.39, 0.29) is 11.6 Å². The van der Waals surface area contributed by atoms with E-state index in [1.54, 1.807) is 0 Å². The quantitative estimate of drug-likeness (QED) is 0.506. The first-order chi connectivity index (χ1) is 16.2. The van der Waals surface area contributed by atoms with Gasteiger partial charge >= 0.3 is 0 Å². The molecule has 2 fully saturated rings. The van der Waals surface area contributed by atoms with E-state index < -0.39 is 8.32 Å². The fourth-order valence-electron chi connectivity index (χ4n) is 7.71. The maximum Gasteiger partial charge on any atom is 0.261 e. The third kappa shape index (κ3) is 4.56. The van der Waals surface area contributed by atoms with Gasteiger partial charge in [0.05, 0.1) is 0 Å². The Morgan fingerprint density at radius 2 is 1.32 bits per heavy atom. The molecular formula is C31H46O2Si. The molecular weight excluding hydrogens is 432 g/mol. The third-order valence-electron chi connectivity index (χ3n) is 9.50. The molecule has 2 nitrogen and oxygen atoms in total. The van der Waals surface area contributed by atoms with E-state index in [0.29, 0.717) is 29.6 Å². The standard InChI is InChI=1S/C31H46O2Si/c1-22-17-18-23(2)30-27(22)19-24(3)28(20-32)29(30)21-33-34(31(4,5)6,25-13-9-7-10-14-25)26-15-11-8-12-16-26/h7-16,22-24,27-30,32H,17-21H2,1-6H3/t22-,23-,24+,27-,28+,29+,30+/m0/s1. The molecule has 7 atom stereocenters. The summed E-state index contributed by atoms with van der Waals surface area (Å²) in [5.41, 5.74) is 0. The Morgan fingerprint density at radius 3 is 1.82 bits per heavy atom. The normalized spacial score (nSPS) is 32.3. The molecule has 0 spiro atoms. The van der Waals surface area contributed by atoms with Crippen LogP contribution in [0.3, 0.4) is 0 Å². The van der Waals surface area contributed by atoms with Gasteiger partial charge in [0.15, 0.2) is 0 Å². The van der Waals surface area contributed by atoms with Crippen LogP contribution in [0, 0.1) is 41.4 Å². The highest BCUT2D eigenvalue weighted by molar-refractivity contribution is 6.99. The Balaban J connectivity index is 1.77. The third-order valence-corrected chi connectivity index (χ3v) is 14.5. The van der Waals surface area contributed by atoms with Gasteiger partial charge in [0.1, 0.15) is 0 Å². The van der Waals surface area contributed by atoms with Crippen molar-refractivity contribution in [3.05, 3.63) is 60.7 Å². The predicted molar refractivity (Wildman–Crippen MR) is 146 cm³/mol. The Bertz CT molecular complexity index is 867. The highest BCUT2D eigenvalue weighted by Crippen LogP contribution is 2.53. The van der Waals surface area contributed by atoms with Crippen molar-refractivity contribution in [2.75, 3.05) is 13.2 Å². The van der Waals surface area contributed by atoms with Crippen LogP contribution in [0.15, 0.2) is 60.7 Å². The number of fused-ring (bicyclic) bond motifs is 1. The molecule has 0 radical (unpaired) electrons. The minimum Gasteiger partial charge on any atom is -0.407 e. The van der Waals surface area contributed by atoms with Gasteiger partial charge in [-0.2, -0.15) is 0 Å². The van der Waals surface area contributed by atoms with E-state index in [1.165, 1.54) is 29.6 Å². The van der Waals surface area contributed by atoms with Crippen molar-refractivity contribution in [1.82, 2.24) is 0 Å². The molecule has 34 heavy (non-hydrogen) atoms. The summed E-state index contributed by atoms with van der Waals surface area (Å²) in [4.78, 5) is 0. The lowest BCUT2D eigenvalue weighted by molar-refractivity contribution is -0.0725. The fourth-order valence-corrected chi connectivity index (χ4v) is 12.3. The van der Waals surface area contributed by atoms with Crippen LogP contribution in [-0.2, 0) is 4.43 Å². The lowest BCUT2D eigenvalue weighted by Crippen LogP contribution is -2.67. The van der Waals surface area contributed by atoms with Gasteiger partial charge in [-0.25, -0.2) is 0 Å². The summed E-state index contributed by atoms with van der Waals surface area (Å²) in [5, 5.41) is 13.2. The van der Waals surface area contributed by atoms with Gasteiger partial charge in [-0.05, 0) is 63.3 Å². The number of aliphatic hydroxyl groups is 1. The molecule has 4 rings (SSSR count). The molecule has 0 aromatic heterocycles. The van der Waals surface area contributed by atoms with Crippen molar-refractivity contribution in [1.29, 1.82) is 0 Å².